The Morgan fingerprint density at radius 3 is 2.48 bits per heavy atom. The number of hydrogen-bond donors (Lipinski definition) is 1. The number of hydrogen-bond acceptors (Lipinski definition) is 4. The SMILES string of the molecule is OC(c1ccc(-n2cccn2)cc1)c1nncn1Cc1ccccc1. The van der Waals surface area contributed by atoms with Crippen LogP contribution in [-0.4, -0.2) is 29.7 Å². The van der Waals surface area contributed by atoms with E-state index in [1.165, 1.54) is 0 Å². The van der Waals surface area contributed by atoms with Crippen LogP contribution >= 0.6 is 0 Å². The molecule has 0 bridgehead atoms. The van der Waals surface area contributed by atoms with Gasteiger partial charge in [-0.1, -0.05) is 42.5 Å². The molecule has 2 aromatic carbocycles. The summed E-state index contributed by atoms with van der Waals surface area (Å²) in [6, 6.07) is 19.5. The van der Waals surface area contributed by atoms with Gasteiger partial charge in [0.25, 0.3) is 0 Å². The number of rotatable bonds is 5. The van der Waals surface area contributed by atoms with Crippen molar-refractivity contribution >= 4 is 0 Å². The van der Waals surface area contributed by atoms with Crippen LogP contribution in [0, 0.1) is 0 Å². The van der Waals surface area contributed by atoms with Gasteiger partial charge in [-0.25, -0.2) is 4.68 Å². The molecule has 6 heteroatoms. The third-order valence-corrected chi connectivity index (χ3v) is 4.06. The highest BCUT2D eigenvalue weighted by molar-refractivity contribution is 5.36. The maximum atomic E-state index is 10.7. The van der Waals surface area contributed by atoms with Crippen molar-refractivity contribution in [3.63, 3.8) is 0 Å². The van der Waals surface area contributed by atoms with E-state index < -0.39 is 6.10 Å². The summed E-state index contributed by atoms with van der Waals surface area (Å²) >= 11 is 0. The Morgan fingerprint density at radius 2 is 1.76 bits per heavy atom. The first-order valence-corrected chi connectivity index (χ1v) is 8.01. The molecule has 25 heavy (non-hydrogen) atoms. The molecule has 0 aliphatic rings. The van der Waals surface area contributed by atoms with Crippen LogP contribution in [0.2, 0.25) is 0 Å². The summed E-state index contributed by atoms with van der Waals surface area (Å²) in [6.07, 6.45) is 4.42. The standard InChI is InChI=1S/C19H17N5O/c25-18(16-7-9-17(10-8-16)24-12-4-11-21-24)19-22-20-14-23(19)13-15-5-2-1-3-6-15/h1-12,14,18,25H,13H2. The molecule has 1 unspecified atom stereocenters. The smallest absolute Gasteiger partial charge is 0.166 e. The van der Waals surface area contributed by atoms with Gasteiger partial charge in [-0.15, -0.1) is 10.2 Å². The van der Waals surface area contributed by atoms with Gasteiger partial charge in [-0.05, 0) is 29.3 Å². The summed E-state index contributed by atoms with van der Waals surface area (Å²) in [5.41, 5.74) is 2.83. The molecular weight excluding hydrogens is 314 g/mol. The summed E-state index contributed by atoms with van der Waals surface area (Å²) in [6.45, 7) is 0.617. The van der Waals surface area contributed by atoms with Crippen molar-refractivity contribution in [1.82, 2.24) is 24.5 Å². The van der Waals surface area contributed by atoms with Crippen molar-refractivity contribution < 1.29 is 5.11 Å². The highest BCUT2D eigenvalue weighted by Crippen LogP contribution is 2.22. The van der Waals surface area contributed by atoms with Crippen LogP contribution in [0.1, 0.15) is 23.1 Å². The molecule has 0 aliphatic carbocycles. The quantitative estimate of drug-likeness (QED) is 0.610. The van der Waals surface area contributed by atoms with E-state index in [1.54, 1.807) is 17.2 Å². The molecule has 1 N–H and O–H groups in total. The summed E-state index contributed by atoms with van der Waals surface area (Å²) in [5.74, 6) is 0.524. The minimum atomic E-state index is -0.835. The van der Waals surface area contributed by atoms with Crippen molar-refractivity contribution in [3.05, 3.63) is 96.3 Å². The number of aliphatic hydroxyl groups is 1. The third-order valence-electron chi connectivity index (χ3n) is 4.06. The van der Waals surface area contributed by atoms with Gasteiger partial charge in [0, 0.05) is 12.4 Å². The van der Waals surface area contributed by atoms with Crippen LogP contribution in [0.15, 0.2) is 79.4 Å². The molecule has 1 atom stereocenters. The zero-order chi connectivity index (χ0) is 17.1. The fourth-order valence-corrected chi connectivity index (χ4v) is 2.76. The topological polar surface area (TPSA) is 68.8 Å². The van der Waals surface area contributed by atoms with Gasteiger partial charge >= 0.3 is 0 Å². The van der Waals surface area contributed by atoms with Crippen LogP contribution < -0.4 is 0 Å². The second kappa shape index (κ2) is 6.70. The van der Waals surface area contributed by atoms with Gasteiger partial charge in [0.05, 0.1) is 12.2 Å². The molecule has 0 saturated carbocycles. The summed E-state index contributed by atoms with van der Waals surface area (Å²) < 4.78 is 3.63. The second-order valence-electron chi connectivity index (χ2n) is 5.75. The van der Waals surface area contributed by atoms with E-state index in [-0.39, 0.29) is 0 Å². The van der Waals surface area contributed by atoms with Crippen LogP contribution in [0.4, 0.5) is 0 Å². The maximum absolute atomic E-state index is 10.7. The highest BCUT2D eigenvalue weighted by atomic mass is 16.3. The van der Waals surface area contributed by atoms with Gasteiger partial charge in [0.1, 0.15) is 12.4 Å². The molecule has 4 rings (SSSR count). The van der Waals surface area contributed by atoms with E-state index in [9.17, 15) is 5.11 Å². The van der Waals surface area contributed by atoms with Gasteiger partial charge < -0.3 is 9.67 Å². The lowest BCUT2D eigenvalue weighted by Crippen LogP contribution is -2.10. The summed E-state index contributed by atoms with van der Waals surface area (Å²) in [5, 5.41) is 23.0. The molecule has 0 fully saturated rings. The van der Waals surface area contributed by atoms with E-state index in [4.69, 9.17) is 0 Å². The number of aromatic nitrogens is 5. The van der Waals surface area contributed by atoms with Crippen molar-refractivity contribution in [3.8, 4) is 5.69 Å². The number of nitrogens with zero attached hydrogens (tertiary/aromatic N) is 5. The Labute approximate surface area is 145 Å². The molecule has 0 aliphatic heterocycles. The molecule has 6 nitrogen and oxygen atoms in total. The monoisotopic (exact) mass is 331 g/mol. The first-order chi connectivity index (χ1) is 12.3. The molecule has 2 heterocycles. The van der Waals surface area contributed by atoms with E-state index in [2.05, 4.69) is 15.3 Å². The normalized spacial score (nSPS) is 12.2. The van der Waals surface area contributed by atoms with Gasteiger partial charge in [0.15, 0.2) is 5.82 Å². The lowest BCUT2D eigenvalue weighted by molar-refractivity contribution is 0.204. The predicted octanol–water partition coefficient (Wildman–Crippen LogP) is 2.59. The second-order valence-corrected chi connectivity index (χ2v) is 5.75. The Bertz CT molecular complexity index is 930. The largest absolute Gasteiger partial charge is 0.380 e. The first kappa shape index (κ1) is 15.3. The number of aliphatic hydroxyl groups excluding tert-OH is 1. The maximum Gasteiger partial charge on any atom is 0.166 e. The zero-order valence-corrected chi connectivity index (χ0v) is 13.5. The molecule has 0 saturated heterocycles. The van der Waals surface area contributed by atoms with Gasteiger partial charge in [-0.3, -0.25) is 0 Å². The Kier molecular flexibility index (Phi) is 4.10. The van der Waals surface area contributed by atoms with Crippen LogP contribution in [-0.2, 0) is 6.54 Å². The van der Waals surface area contributed by atoms with Gasteiger partial charge in [-0.2, -0.15) is 5.10 Å². The van der Waals surface area contributed by atoms with E-state index >= 15 is 0 Å². The lowest BCUT2D eigenvalue weighted by Gasteiger charge is -2.13. The fourth-order valence-electron chi connectivity index (χ4n) is 2.76. The van der Waals surface area contributed by atoms with E-state index in [1.807, 2.05) is 71.4 Å². The summed E-state index contributed by atoms with van der Waals surface area (Å²) in [7, 11) is 0. The van der Waals surface area contributed by atoms with E-state index in [0.717, 1.165) is 16.8 Å². The molecule has 0 amide bonds. The van der Waals surface area contributed by atoms with Crippen LogP contribution in [0.5, 0.6) is 0 Å². The fraction of sp³-hybridized carbons (Fsp3) is 0.105. The van der Waals surface area contributed by atoms with Crippen molar-refractivity contribution in [2.24, 2.45) is 0 Å². The Morgan fingerprint density at radius 1 is 0.960 bits per heavy atom. The lowest BCUT2D eigenvalue weighted by atomic mass is 10.1. The van der Waals surface area contributed by atoms with Crippen molar-refractivity contribution in [2.75, 3.05) is 0 Å². The first-order valence-electron chi connectivity index (χ1n) is 8.01. The zero-order valence-electron chi connectivity index (χ0n) is 13.5. The van der Waals surface area contributed by atoms with E-state index in [0.29, 0.717) is 12.4 Å². The van der Waals surface area contributed by atoms with Crippen LogP contribution in [0.3, 0.4) is 0 Å². The molecule has 2 aromatic heterocycles. The molecule has 124 valence electrons. The van der Waals surface area contributed by atoms with Crippen molar-refractivity contribution in [2.45, 2.75) is 12.6 Å². The number of benzene rings is 2. The minimum Gasteiger partial charge on any atom is -0.380 e. The highest BCUT2D eigenvalue weighted by Gasteiger charge is 2.17. The van der Waals surface area contributed by atoms with Crippen LogP contribution in [0.25, 0.3) is 5.69 Å². The molecule has 4 aromatic rings. The predicted molar refractivity (Wildman–Crippen MR) is 93.2 cm³/mol. The molecule has 0 radical (unpaired) electrons. The summed E-state index contributed by atoms with van der Waals surface area (Å²) in [4.78, 5) is 0. The van der Waals surface area contributed by atoms with Gasteiger partial charge in [0.2, 0.25) is 0 Å². The average molecular weight is 331 g/mol. The third kappa shape index (κ3) is 3.20. The molecular formula is C19H17N5O. The Hall–Kier alpha value is -3.25. The molecule has 0 spiro atoms. The average Bonchev–Trinajstić information content (AvgIpc) is 3.34. The van der Waals surface area contributed by atoms with Crippen molar-refractivity contribution in [1.29, 1.82) is 0 Å². The minimum absolute atomic E-state index is 0.524. The Balaban J connectivity index is 1.57.